The molecule has 3 heterocycles. The fourth-order valence-corrected chi connectivity index (χ4v) is 9.68. The highest BCUT2D eigenvalue weighted by Crippen LogP contribution is 2.29. The van der Waals surface area contributed by atoms with Gasteiger partial charge in [-0.15, -0.1) is 9.43 Å². The lowest BCUT2D eigenvalue weighted by Crippen LogP contribution is -2.32. The van der Waals surface area contributed by atoms with Crippen molar-refractivity contribution >= 4 is 37.4 Å². The molecule has 1 N–H and O–H groups in total. The first kappa shape index (κ1) is 29.9. The van der Waals surface area contributed by atoms with Crippen LogP contribution in [0.25, 0.3) is 0 Å². The number of rotatable bonds is 1. The van der Waals surface area contributed by atoms with Gasteiger partial charge in [0.15, 0.2) is 0 Å². The molecule has 0 unspecified atom stereocenters. The van der Waals surface area contributed by atoms with Crippen molar-refractivity contribution in [2.75, 3.05) is 23.0 Å². The van der Waals surface area contributed by atoms with Crippen molar-refractivity contribution < 1.29 is 27.6 Å². The zero-order chi connectivity index (χ0) is 27.8. The Kier molecular flexibility index (Phi) is 8.15. The van der Waals surface area contributed by atoms with E-state index < -0.39 is 48.2 Å². The third kappa shape index (κ3) is 8.94. The first-order chi connectivity index (χ1) is 16.0. The van der Waals surface area contributed by atoms with Gasteiger partial charge in [-0.05, 0) is 55.4 Å². The lowest BCUT2D eigenvalue weighted by atomic mass is 9.92. The third-order valence-corrected chi connectivity index (χ3v) is 10.5. The molecule has 0 bridgehead atoms. The maximum Gasteiger partial charge on any atom is 0.466 e. The van der Waals surface area contributed by atoms with Crippen molar-refractivity contribution in [3.05, 3.63) is 0 Å². The summed E-state index contributed by atoms with van der Waals surface area (Å²) in [5.41, 5.74) is -1.67. The van der Waals surface area contributed by atoms with Gasteiger partial charge in [0.05, 0.1) is 9.73 Å². The van der Waals surface area contributed by atoms with Crippen LogP contribution in [0.3, 0.4) is 0 Å². The number of carbonyl (C=O) groups excluding carboxylic acids is 3. The number of hydroxylamine groups is 2. The Morgan fingerprint density at radius 2 is 1.11 bits per heavy atom. The van der Waals surface area contributed by atoms with Crippen LogP contribution in [0.5, 0.6) is 0 Å². The number of nitrogens with one attached hydrogen (secondary N) is 1. The molecule has 0 aromatic heterocycles. The van der Waals surface area contributed by atoms with E-state index in [1.54, 1.807) is 0 Å². The van der Waals surface area contributed by atoms with E-state index in [-0.39, 0.29) is 35.2 Å². The average Bonchev–Trinajstić information content (AvgIpc) is 2.85. The summed E-state index contributed by atoms with van der Waals surface area (Å²) in [6, 6.07) is 0. The van der Waals surface area contributed by atoms with Crippen LogP contribution < -0.4 is 0 Å². The SMILES string of the molecule is CC1(C)C#CC(C)(C)CS(=N)(=O)C1.CC1(C)C#CC(C)(C)CS(=O)(=NC(=O)ON2C(=O)CCC2=O)C1. The smallest absolute Gasteiger partial charge is 0.309 e. The molecule has 0 spiro atoms. The Bertz CT molecular complexity index is 1240. The molecule has 3 aliphatic heterocycles. The van der Waals surface area contributed by atoms with Gasteiger partial charge in [0.25, 0.3) is 11.8 Å². The summed E-state index contributed by atoms with van der Waals surface area (Å²) in [6.07, 6.45) is -1.20. The fourth-order valence-electron chi connectivity index (χ4n) is 4.17. The van der Waals surface area contributed by atoms with Gasteiger partial charge < -0.3 is 4.84 Å². The lowest BCUT2D eigenvalue weighted by Gasteiger charge is -2.21. The molecular formula is C25H37N3O6S2. The maximum absolute atomic E-state index is 13.1. The summed E-state index contributed by atoms with van der Waals surface area (Å²) in [5, 5.41) is 0.401. The van der Waals surface area contributed by atoms with Gasteiger partial charge >= 0.3 is 6.09 Å². The minimum Gasteiger partial charge on any atom is -0.309 e. The minimum atomic E-state index is -2.94. The molecule has 0 aromatic rings. The van der Waals surface area contributed by atoms with Crippen molar-refractivity contribution in [1.29, 1.82) is 4.78 Å². The van der Waals surface area contributed by atoms with Crippen molar-refractivity contribution in [3.63, 3.8) is 0 Å². The highest BCUT2D eigenvalue weighted by Gasteiger charge is 2.36. The average molecular weight is 540 g/mol. The largest absolute Gasteiger partial charge is 0.466 e. The molecule has 0 aliphatic carbocycles. The summed E-state index contributed by atoms with van der Waals surface area (Å²) in [6.45, 7) is 15.1. The monoisotopic (exact) mass is 539 g/mol. The lowest BCUT2D eigenvalue weighted by molar-refractivity contribution is -0.170. The van der Waals surface area contributed by atoms with Crippen LogP contribution in [0.15, 0.2) is 4.36 Å². The summed E-state index contributed by atoms with van der Waals surface area (Å²) >= 11 is 0. The van der Waals surface area contributed by atoms with E-state index in [1.807, 2.05) is 55.4 Å². The topological polar surface area (TPSA) is 134 Å². The molecule has 3 rings (SSSR count). The Morgan fingerprint density at radius 3 is 1.47 bits per heavy atom. The summed E-state index contributed by atoms with van der Waals surface area (Å²) < 4.78 is 36.3. The number of amides is 3. The zero-order valence-electron chi connectivity index (χ0n) is 22.4. The van der Waals surface area contributed by atoms with E-state index >= 15 is 0 Å². The van der Waals surface area contributed by atoms with Gasteiger partial charge in [0.2, 0.25) is 0 Å². The second kappa shape index (κ2) is 9.83. The molecule has 0 saturated carbocycles. The van der Waals surface area contributed by atoms with Crippen LogP contribution in [0.2, 0.25) is 0 Å². The molecule has 0 radical (unpaired) electrons. The number of carbonyl (C=O) groups is 3. The van der Waals surface area contributed by atoms with E-state index in [9.17, 15) is 22.8 Å². The summed E-state index contributed by atoms with van der Waals surface area (Å²) in [7, 11) is -5.40. The molecule has 0 aromatic carbocycles. The molecule has 11 heteroatoms. The zero-order valence-corrected chi connectivity index (χ0v) is 24.0. The third-order valence-electron chi connectivity index (χ3n) is 5.26. The van der Waals surface area contributed by atoms with Gasteiger partial charge in [-0.2, -0.15) is 0 Å². The fraction of sp³-hybridized carbons (Fsp3) is 0.720. The number of hydrogen-bond acceptors (Lipinski definition) is 7. The van der Waals surface area contributed by atoms with E-state index in [1.165, 1.54) is 0 Å². The van der Waals surface area contributed by atoms with Crippen molar-refractivity contribution in [3.8, 4) is 23.7 Å². The second-order valence-electron chi connectivity index (χ2n) is 12.2. The molecule has 200 valence electrons. The maximum atomic E-state index is 13.1. The number of imide groups is 1. The van der Waals surface area contributed by atoms with Crippen LogP contribution in [-0.4, -0.2) is 54.4 Å². The molecular weight excluding hydrogens is 502 g/mol. The van der Waals surface area contributed by atoms with E-state index in [0.717, 1.165) is 0 Å². The first-order valence-electron chi connectivity index (χ1n) is 11.7. The van der Waals surface area contributed by atoms with Crippen LogP contribution >= 0.6 is 0 Å². The van der Waals surface area contributed by atoms with Gasteiger partial charge in [-0.3, -0.25) is 14.4 Å². The number of hydrogen-bond donors (Lipinski definition) is 1. The predicted octanol–water partition coefficient (Wildman–Crippen LogP) is 3.83. The molecule has 36 heavy (non-hydrogen) atoms. The van der Waals surface area contributed by atoms with Crippen LogP contribution in [0.1, 0.15) is 68.2 Å². The van der Waals surface area contributed by atoms with Crippen LogP contribution in [0, 0.1) is 50.1 Å². The Hall–Kier alpha value is -2.37. The van der Waals surface area contributed by atoms with E-state index in [4.69, 9.17) is 4.78 Å². The summed E-state index contributed by atoms with van der Waals surface area (Å²) in [5.74, 6) is 12.2. The summed E-state index contributed by atoms with van der Waals surface area (Å²) in [4.78, 5) is 39.5. The predicted molar refractivity (Wildman–Crippen MR) is 139 cm³/mol. The Labute approximate surface area is 215 Å². The van der Waals surface area contributed by atoms with Gasteiger partial charge in [-0.25, -0.2) is 13.2 Å². The molecule has 3 amide bonds. The van der Waals surface area contributed by atoms with Crippen LogP contribution in [0.4, 0.5) is 4.79 Å². The van der Waals surface area contributed by atoms with E-state index in [0.29, 0.717) is 16.6 Å². The van der Waals surface area contributed by atoms with Crippen LogP contribution in [-0.2, 0) is 33.9 Å². The molecule has 9 nitrogen and oxygen atoms in total. The molecule has 3 aliphatic rings. The van der Waals surface area contributed by atoms with Gasteiger partial charge in [0, 0.05) is 67.2 Å². The normalized spacial score (nSPS) is 25.8. The highest BCUT2D eigenvalue weighted by molar-refractivity contribution is 7.94. The first-order valence-corrected chi connectivity index (χ1v) is 15.4. The number of nitrogens with zero attached hydrogens (tertiary/aromatic N) is 2. The quantitative estimate of drug-likeness (QED) is 0.398. The van der Waals surface area contributed by atoms with Gasteiger partial charge in [0.1, 0.15) is 0 Å². The van der Waals surface area contributed by atoms with Crippen molar-refractivity contribution in [1.82, 2.24) is 5.06 Å². The van der Waals surface area contributed by atoms with E-state index in [2.05, 4.69) is 32.9 Å². The highest BCUT2D eigenvalue weighted by atomic mass is 32.2. The molecule has 0 atom stereocenters. The Balaban J connectivity index is 0.000000297. The van der Waals surface area contributed by atoms with Crippen molar-refractivity contribution in [2.45, 2.75) is 68.2 Å². The second-order valence-corrected chi connectivity index (χ2v) is 16.7. The Morgan fingerprint density at radius 1 is 0.778 bits per heavy atom. The standard InChI is InChI=1S/C15H20N2O5S.C10H17NOS/c1-14(2)7-8-15(3,4)10-23(21,9-14)16-13(20)22-17-11(18)5-6-12(17)19;1-9(2)5-6-10(3,4)8-13(11,12)7-9/h5-6,9-10H2,1-4H3;11H,7-8H2,1-4H3. The van der Waals surface area contributed by atoms with Crippen molar-refractivity contribution in [2.24, 2.45) is 26.0 Å². The molecule has 1 saturated heterocycles. The minimum absolute atomic E-state index is 0.00457. The van der Waals surface area contributed by atoms with Gasteiger partial charge in [-0.1, -0.05) is 23.7 Å². The molecule has 1 fully saturated rings.